The first-order chi connectivity index (χ1) is 9.27. The average Bonchev–Trinajstić information content (AvgIpc) is 2.81. The zero-order valence-electron chi connectivity index (χ0n) is 10.6. The van der Waals surface area contributed by atoms with Crippen molar-refractivity contribution in [2.45, 2.75) is 6.92 Å². The third-order valence-corrected chi connectivity index (χ3v) is 3.43. The number of fused-ring (bicyclic) bond motifs is 1. The maximum atomic E-state index is 8.79. The molecule has 1 heterocycles. The molecule has 0 bridgehead atoms. The van der Waals surface area contributed by atoms with Gasteiger partial charge in [0.1, 0.15) is 5.58 Å². The van der Waals surface area contributed by atoms with Crippen LogP contribution in [0.5, 0.6) is 5.75 Å². The van der Waals surface area contributed by atoms with Crippen molar-refractivity contribution in [3.05, 3.63) is 30.0 Å². The Hall–Kier alpha value is -1.82. The summed E-state index contributed by atoms with van der Waals surface area (Å²) in [5.41, 5.74) is 6.27. The molecule has 0 spiro atoms. The number of nitrogens with two attached hydrogens (primary N) is 1. The SMILES string of the molecule is CCSCCOc1c(/C(N)=N/O)oc2ccccc12. The fraction of sp³-hybridized carbons (Fsp3) is 0.308. The van der Waals surface area contributed by atoms with E-state index in [0.717, 1.165) is 16.9 Å². The zero-order chi connectivity index (χ0) is 13.7. The van der Waals surface area contributed by atoms with E-state index in [4.69, 9.17) is 20.1 Å². The number of thioether (sulfide) groups is 1. The van der Waals surface area contributed by atoms with Crippen LogP contribution in [0.3, 0.4) is 0 Å². The normalized spacial score (nSPS) is 11.9. The van der Waals surface area contributed by atoms with Crippen LogP contribution in [0.2, 0.25) is 0 Å². The van der Waals surface area contributed by atoms with Crippen LogP contribution in [0.1, 0.15) is 12.7 Å². The van der Waals surface area contributed by atoms with Gasteiger partial charge in [0.05, 0.1) is 12.0 Å². The molecular formula is C13H16N2O3S. The predicted octanol–water partition coefficient (Wildman–Crippen LogP) is 2.66. The van der Waals surface area contributed by atoms with Gasteiger partial charge in [-0.1, -0.05) is 24.2 Å². The molecule has 2 rings (SSSR count). The third-order valence-electron chi connectivity index (χ3n) is 2.57. The molecule has 1 aromatic carbocycles. The number of nitrogens with zero attached hydrogens (tertiary/aromatic N) is 1. The van der Waals surface area contributed by atoms with E-state index in [0.29, 0.717) is 17.9 Å². The van der Waals surface area contributed by atoms with Gasteiger partial charge in [0, 0.05) is 5.75 Å². The van der Waals surface area contributed by atoms with Crippen LogP contribution in [0.4, 0.5) is 0 Å². The molecule has 102 valence electrons. The Labute approximate surface area is 115 Å². The number of ether oxygens (including phenoxy) is 1. The molecule has 5 nitrogen and oxygen atoms in total. The maximum absolute atomic E-state index is 8.79. The highest BCUT2D eigenvalue weighted by Crippen LogP contribution is 2.33. The largest absolute Gasteiger partial charge is 0.488 e. The summed E-state index contributed by atoms with van der Waals surface area (Å²) in [5.74, 6) is 2.64. The summed E-state index contributed by atoms with van der Waals surface area (Å²) in [6.45, 7) is 2.65. The second-order valence-corrected chi connectivity index (χ2v) is 5.18. The summed E-state index contributed by atoms with van der Waals surface area (Å²) in [7, 11) is 0. The summed E-state index contributed by atoms with van der Waals surface area (Å²) in [6.07, 6.45) is 0. The van der Waals surface area contributed by atoms with Crippen LogP contribution >= 0.6 is 11.8 Å². The highest BCUT2D eigenvalue weighted by atomic mass is 32.2. The van der Waals surface area contributed by atoms with E-state index in [2.05, 4.69) is 12.1 Å². The van der Waals surface area contributed by atoms with Gasteiger partial charge in [0.15, 0.2) is 5.75 Å². The highest BCUT2D eigenvalue weighted by molar-refractivity contribution is 7.99. The summed E-state index contributed by atoms with van der Waals surface area (Å²) in [6, 6.07) is 7.45. The second-order valence-electron chi connectivity index (χ2n) is 3.79. The maximum Gasteiger partial charge on any atom is 0.215 e. The minimum atomic E-state index is -0.0886. The smallest absolute Gasteiger partial charge is 0.215 e. The van der Waals surface area contributed by atoms with E-state index < -0.39 is 0 Å². The quantitative estimate of drug-likeness (QED) is 0.279. The van der Waals surface area contributed by atoms with Crippen LogP contribution < -0.4 is 10.5 Å². The van der Waals surface area contributed by atoms with E-state index in [1.165, 1.54) is 0 Å². The van der Waals surface area contributed by atoms with Crippen LogP contribution in [-0.4, -0.2) is 29.2 Å². The minimum Gasteiger partial charge on any atom is -0.488 e. The Morgan fingerprint density at radius 3 is 3.00 bits per heavy atom. The number of oxime groups is 1. The zero-order valence-corrected chi connectivity index (χ0v) is 11.4. The second kappa shape index (κ2) is 6.38. The summed E-state index contributed by atoms with van der Waals surface area (Å²) >= 11 is 1.79. The molecule has 2 aromatic rings. The molecule has 0 aliphatic rings. The topological polar surface area (TPSA) is 81.0 Å². The monoisotopic (exact) mass is 280 g/mol. The Morgan fingerprint density at radius 1 is 1.47 bits per heavy atom. The molecular weight excluding hydrogens is 264 g/mol. The fourth-order valence-corrected chi connectivity index (χ4v) is 2.22. The van der Waals surface area contributed by atoms with Gasteiger partial charge in [-0.3, -0.25) is 0 Å². The molecule has 0 saturated heterocycles. The van der Waals surface area contributed by atoms with Gasteiger partial charge in [-0.2, -0.15) is 11.8 Å². The van der Waals surface area contributed by atoms with Gasteiger partial charge in [-0.15, -0.1) is 0 Å². The van der Waals surface area contributed by atoms with Crippen molar-refractivity contribution < 1.29 is 14.4 Å². The molecule has 0 atom stereocenters. The molecule has 0 aliphatic carbocycles. The predicted molar refractivity (Wildman–Crippen MR) is 77.2 cm³/mol. The molecule has 19 heavy (non-hydrogen) atoms. The lowest BCUT2D eigenvalue weighted by atomic mass is 10.2. The van der Waals surface area contributed by atoms with Crippen molar-refractivity contribution in [3.63, 3.8) is 0 Å². The molecule has 0 saturated carbocycles. The Kier molecular flexibility index (Phi) is 4.57. The Bertz CT molecular complexity index is 580. The third kappa shape index (κ3) is 2.96. The van der Waals surface area contributed by atoms with Crippen LogP contribution in [0, 0.1) is 0 Å². The van der Waals surface area contributed by atoms with E-state index in [1.807, 2.05) is 24.3 Å². The molecule has 0 unspecified atom stereocenters. The summed E-state index contributed by atoms with van der Waals surface area (Å²) in [5, 5.41) is 12.6. The number of rotatable bonds is 6. The van der Waals surface area contributed by atoms with E-state index >= 15 is 0 Å². The number of amidine groups is 1. The van der Waals surface area contributed by atoms with Gasteiger partial charge in [-0.25, -0.2) is 0 Å². The van der Waals surface area contributed by atoms with Crippen LogP contribution in [-0.2, 0) is 0 Å². The van der Waals surface area contributed by atoms with Gasteiger partial charge >= 0.3 is 0 Å². The lowest BCUT2D eigenvalue weighted by molar-refractivity contribution is 0.314. The molecule has 1 aromatic heterocycles. The van der Waals surface area contributed by atoms with Crippen molar-refractivity contribution in [2.75, 3.05) is 18.1 Å². The first kappa shape index (κ1) is 13.6. The fourth-order valence-electron chi connectivity index (χ4n) is 1.73. The van der Waals surface area contributed by atoms with Crippen LogP contribution in [0.15, 0.2) is 33.8 Å². The number of benzene rings is 1. The lowest BCUT2D eigenvalue weighted by Gasteiger charge is -2.05. The molecule has 0 fully saturated rings. The van der Waals surface area contributed by atoms with Gasteiger partial charge in [0.25, 0.3) is 0 Å². The average molecular weight is 280 g/mol. The summed E-state index contributed by atoms with van der Waals surface area (Å²) in [4.78, 5) is 0. The summed E-state index contributed by atoms with van der Waals surface area (Å²) < 4.78 is 11.3. The van der Waals surface area contributed by atoms with Crippen molar-refractivity contribution >= 4 is 28.6 Å². The van der Waals surface area contributed by atoms with E-state index in [1.54, 1.807) is 11.8 Å². The van der Waals surface area contributed by atoms with Gasteiger partial charge < -0.3 is 20.1 Å². The molecule has 6 heteroatoms. The van der Waals surface area contributed by atoms with E-state index in [9.17, 15) is 0 Å². The number of hydrogen-bond acceptors (Lipinski definition) is 5. The van der Waals surface area contributed by atoms with E-state index in [-0.39, 0.29) is 11.6 Å². The highest BCUT2D eigenvalue weighted by Gasteiger charge is 2.18. The first-order valence-corrected chi connectivity index (χ1v) is 7.13. The molecule has 0 aliphatic heterocycles. The number of furan rings is 1. The van der Waals surface area contributed by atoms with Gasteiger partial charge in [-0.05, 0) is 17.9 Å². The Balaban J connectivity index is 2.32. The van der Waals surface area contributed by atoms with Crippen molar-refractivity contribution in [1.29, 1.82) is 0 Å². The van der Waals surface area contributed by atoms with Gasteiger partial charge in [0.2, 0.25) is 11.6 Å². The minimum absolute atomic E-state index is 0.0886. The number of hydrogen-bond donors (Lipinski definition) is 2. The molecule has 0 radical (unpaired) electrons. The molecule has 3 N–H and O–H groups in total. The first-order valence-electron chi connectivity index (χ1n) is 5.98. The lowest BCUT2D eigenvalue weighted by Crippen LogP contribution is -2.14. The van der Waals surface area contributed by atoms with Crippen molar-refractivity contribution in [2.24, 2.45) is 10.9 Å². The molecule has 0 amide bonds. The van der Waals surface area contributed by atoms with Crippen LogP contribution in [0.25, 0.3) is 11.0 Å². The van der Waals surface area contributed by atoms with Crippen molar-refractivity contribution in [1.82, 2.24) is 0 Å². The standard InChI is InChI=1S/C13H16N2O3S/c1-2-19-8-7-17-11-9-5-3-4-6-10(9)18-12(11)13(14)15-16/h3-6,16H,2,7-8H2,1H3,(H2,14,15). The number of para-hydroxylation sites is 1. The Morgan fingerprint density at radius 2 is 2.26 bits per heavy atom. The van der Waals surface area contributed by atoms with Crippen molar-refractivity contribution in [3.8, 4) is 5.75 Å².